The van der Waals surface area contributed by atoms with E-state index in [-0.39, 0.29) is 17.0 Å². The summed E-state index contributed by atoms with van der Waals surface area (Å²) in [5, 5.41) is 9.04. The number of nitrogens with one attached hydrogen (secondary N) is 1. The van der Waals surface area contributed by atoms with Crippen LogP contribution in [-0.4, -0.2) is 17.4 Å². The Morgan fingerprint density at radius 3 is 2.78 bits per heavy atom. The lowest BCUT2D eigenvalue weighted by Gasteiger charge is -2.03. The molecule has 122 valence electrons. The zero-order valence-corrected chi connectivity index (χ0v) is 14.2. The summed E-state index contributed by atoms with van der Waals surface area (Å²) in [6.07, 6.45) is 2.08. The van der Waals surface area contributed by atoms with Gasteiger partial charge in [0.05, 0.1) is 15.7 Å². The number of H-pyrrole nitrogens is 1. The molecule has 0 radical (unpaired) electrons. The highest BCUT2D eigenvalue weighted by atomic mass is 79.9. The Morgan fingerprint density at radius 2 is 2.22 bits per heavy atom. The highest BCUT2D eigenvalue weighted by Gasteiger charge is 2.12. The fraction of sp³-hybridized carbons (Fsp3) is 0.250. The van der Waals surface area contributed by atoms with Gasteiger partial charge in [0.1, 0.15) is 11.8 Å². The Hall–Kier alpha value is -2.20. The van der Waals surface area contributed by atoms with Crippen LogP contribution in [0.1, 0.15) is 29.5 Å². The second-order valence-corrected chi connectivity index (χ2v) is 5.30. The van der Waals surface area contributed by atoms with E-state index in [1.54, 1.807) is 6.92 Å². The average Bonchev–Trinajstić information content (AvgIpc) is 2.54. The van der Waals surface area contributed by atoms with Gasteiger partial charge in [0.15, 0.2) is 0 Å². The average molecular weight is 385 g/mol. The van der Waals surface area contributed by atoms with Gasteiger partial charge in [-0.15, -0.1) is 0 Å². The summed E-state index contributed by atoms with van der Waals surface area (Å²) in [7, 11) is 0. The van der Waals surface area contributed by atoms with Crippen molar-refractivity contribution in [3.05, 3.63) is 51.8 Å². The van der Waals surface area contributed by atoms with Crippen LogP contribution in [0.4, 0.5) is 8.78 Å². The topological polar surface area (TPSA) is 65.9 Å². The predicted octanol–water partition coefficient (Wildman–Crippen LogP) is 4.85. The summed E-state index contributed by atoms with van der Waals surface area (Å²) in [4.78, 5) is 15.2. The van der Waals surface area contributed by atoms with Crippen molar-refractivity contribution in [2.75, 3.05) is 0 Å². The number of ether oxygens (including phenoxy) is 1. The molecule has 0 spiro atoms. The van der Waals surface area contributed by atoms with Crippen LogP contribution in [-0.2, 0) is 0 Å². The summed E-state index contributed by atoms with van der Waals surface area (Å²) in [5.74, 6) is -0.545. The van der Waals surface area contributed by atoms with E-state index in [0.29, 0.717) is 16.6 Å². The van der Waals surface area contributed by atoms with Crippen LogP contribution in [0.5, 0.6) is 5.75 Å². The third kappa shape index (κ3) is 5.83. The van der Waals surface area contributed by atoms with Gasteiger partial charge in [-0.1, -0.05) is 19.1 Å². The minimum absolute atomic E-state index is 0.0165. The first-order valence-corrected chi connectivity index (χ1v) is 7.51. The number of rotatable bonds is 5. The highest BCUT2D eigenvalue weighted by Crippen LogP contribution is 2.24. The largest absolute Gasteiger partial charge is 0.434 e. The lowest BCUT2D eigenvalue weighted by Crippen LogP contribution is -2.04. The van der Waals surface area contributed by atoms with Gasteiger partial charge < -0.3 is 9.72 Å². The number of hydrogen-bond acceptors (Lipinski definition) is 3. The van der Waals surface area contributed by atoms with Crippen molar-refractivity contribution in [3.8, 4) is 11.8 Å². The Balaban J connectivity index is 3.44. The number of carbonyl (C=O) groups is 1. The van der Waals surface area contributed by atoms with Gasteiger partial charge in [-0.2, -0.15) is 14.0 Å². The number of Topliss-reactive ketones (excluding diaryl/α,β-unsaturated/α-hetero) is 1. The van der Waals surface area contributed by atoms with Gasteiger partial charge in [-0.3, -0.25) is 4.79 Å². The summed E-state index contributed by atoms with van der Waals surface area (Å²) in [6.45, 7) is 0.506. The number of allylic oxidation sites excluding steroid dienone is 2. The molecule has 0 saturated carbocycles. The molecule has 0 saturated heterocycles. The molecule has 0 aliphatic carbocycles. The van der Waals surface area contributed by atoms with Crippen LogP contribution in [0.25, 0.3) is 0 Å². The highest BCUT2D eigenvalue weighted by molar-refractivity contribution is 9.10. The number of aromatic amines is 1. The summed E-state index contributed by atoms with van der Waals surface area (Å²) >= 11 is 3.15. The van der Waals surface area contributed by atoms with Crippen molar-refractivity contribution >= 4 is 21.7 Å². The molecule has 0 unspecified atom stereocenters. The van der Waals surface area contributed by atoms with E-state index in [4.69, 9.17) is 5.26 Å². The van der Waals surface area contributed by atoms with E-state index >= 15 is 0 Å². The molecule has 1 rings (SSSR count). The fourth-order valence-electron chi connectivity index (χ4n) is 1.73. The number of aryl methyl sites for hydroxylation is 1. The molecule has 0 bridgehead atoms. The number of nitrogens with zero attached hydrogens (tertiary/aromatic N) is 1. The second kappa shape index (κ2) is 9.06. The third-order valence-electron chi connectivity index (χ3n) is 2.65. The standard InChI is InChI=1S/C16H15BrF2N2O2/c1-3-5-11(9-20)15(22)13-6-4-7-14(23-16(18)19)12(17)8-10(2)21-13/h4-8,16,21H,3H2,1-2H3/b7-4?,10-8?,11-5+,13-6?,14-12?. The van der Waals surface area contributed by atoms with Crippen molar-refractivity contribution in [2.45, 2.75) is 26.9 Å². The molecule has 0 atom stereocenters. The monoisotopic (exact) mass is 384 g/mol. The third-order valence-corrected chi connectivity index (χ3v) is 3.27. The number of alkyl halides is 2. The van der Waals surface area contributed by atoms with E-state index in [1.165, 1.54) is 30.3 Å². The van der Waals surface area contributed by atoms with E-state index in [1.807, 2.05) is 13.0 Å². The predicted molar refractivity (Wildman–Crippen MR) is 85.8 cm³/mol. The molecular weight excluding hydrogens is 370 g/mol. The Morgan fingerprint density at radius 1 is 1.52 bits per heavy atom. The summed E-state index contributed by atoms with van der Waals surface area (Å²) < 4.78 is 29.5. The number of hydrogen-bond donors (Lipinski definition) is 1. The molecule has 1 N–H and O–H groups in total. The number of aromatic nitrogens is 1. The van der Waals surface area contributed by atoms with Crippen LogP contribution in [0.3, 0.4) is 0 Å². The van der Waals surface area contributed by atoms with Gasteiger partial charge >= 0.3 is 6.61 Å². The van der Waals surface area contributed by atoms with E-state index in [9.17, 15) is 13.6 Å². The van der Waals surface area contributed by atoms with Gasteiger partial charge in [0.2, 0.25) is 5.78 Å². The maximum Gasteiger partial charge on any atom is 0.387 e. The normalized spacial score (nSPS) is 10.9. The van der Waals surface area contributed by atoms with Gasteiger partial charge in [-0.05, 0) is 47.5 Å². The van der Waals surface area contributed by atoms with Crippen LogP contribution >= 0.6 is 15.9 Å². The van der Waals surface area contributed by atoms with Gasteiger partial charge in [-0.25, -0.2) is 0 Å². The first kappa shape index (κ1) is 18.8. The van der Waals surface area contributed by atoms with E-state index in [2.05, 4.69) is 25.7 Å². The van der Waals surface area contributed by atoms with Crippen molar-refractivity contribution in [1.82, 2.24) is 4.98 Å². The maximum absolute atomic E-state index is 12.4. The molecule has 4 nitrogen and oxygen atoms in total. The SMILES string of the molecule is CC/C=C(\C#N)C(=O)c1cccc(OC(F)F)c(Br)cc(C)[nH]1. The maximum atomic E-state index is 12.4. The van der Waals surface area contributed by atoms with Gasteiger partial charge in [0.25, 0.3) is 0 Å². The molecule has 7 heteroatoms. The van der Waals surface area contributed by atoms with Crippen molar-refractivity contribution in [1.29, 1.82) is 5.26 Å². The quantitative estimate of drug-likeness (QED) is 0.448. The van der Waals surface area contributed by atoms with Gasteiger partial charge in [0, 0.05) is 5.69 Å². The number of nitriles is 1. The molecule has 0 aliphatic rings. The first-order chi connectivity index (χ1) is 10.9. The Labute approximate surface area is 141 Å². The van der Waals surface area contributed by atoms with Crippen molar-refractivity contribution < 1.29 is 18.3 Å². The number of carbonyl (C=O) groups excluding carboxylic acids is 1. The minimum Gasteiger partial charge on any atom is -0.434 e. The molecule has 0 amide bonds. The van der Waals surface area contributed by atoms with Crippen LogP contribution in [0, 0.1) is 18.3 Å². The summed E-state index contributed by atoms with van der Waals surface area (Å²) in [6, 6.07) is 7.46. The molecule has 23 heavy (non-hydrogen) atoms. The molecule has 0 aliphatic heterocycles. The summed E-state index contributed by atoms with van der Waals surface area (Å²) in [5.41, 5.74) is 0.696. The van der Waals surface area contributed by atoms with Crippen molar-refractivity contribution in [2.24, 2.45) is 0 Å². The molecular formula is C16H15BrF2N2O2. The van der Waals surface area contributed by atoms with Crippen LogP contribution < -0.4 is 4.74 Å². The first-order valence-electron chi connectivity index (χ1n) is 6.72. The Kier molecular flexibility index (Phi) is 7.42. The molecule has 1 heterocycles. The fourth-order valence-corrected chi connectivity index (χ4v) is 2.29. The lowest BCUT2D eigenvalue weighted by atomic mass is 10.1. The molecule has 1 aromatic rings. The van der Waals surface area contributed by atoms with Crippen molar-refractivity contribution in [3.63, 3.8) is 0 Å². The van der Waals surface area contributed by atoms with E-state index in [0.717, 1.165) is 0 Å². The van der Waals surface area contributed by atoms with Crippen LogP contribution in [0.15, 0.2) is 40.4 Å². The zero-order valence-electron chi connectivity index (χ0n) is 12.6. The second-order valence-electron chi connectivity index (χ2n) is 4.45. The molecule has 0 fully saturated rings. The van der Waals surface area contributed by atoms with E-state index < -0.39 is 12.4 Å². The lowest BCUT2D eigenvalue weighted by molar-refractivity contribution is -0.0503. The molecule has 0 aromatic carbocycles. The molecule has 1 aromatic heterocycles. The van der Waals surface area contributed by atoms with Crippen LogP contribution in [0.2, 0.25) is 0 Å². The Bertz CT molecular complexity index is 705. The number of halogens is 3. The zero-order chi connectivity index (χ0) is 17.4. The minimum atomic E-state index is -2.97. The number of ketones is 1. The smallest absolute Gasteiger partial charge is 0.387 e.